The number of rotatable bonds is 3. The maximum atomic E-state index is 14.6. The van der Waals surface area contributed by atoms with E-state index < -0.39 is 29.8 Å². The number of benzene rings is 1. The number of hydrogen-bond acceptors (Lipinski definition) is 5. The molecule has 7 nitrogen and oxygen atoms in total. The van der Waals surface area contributed by atoms with Crippen LogP contribution in [0.3, 0.4) is 0 Å². The Kier molecular flexibility index (Phi) is 6.41. The third-order valence-corrected chi connectivity index (χ3v) is 4.40. The molecule has 0 aromatic heterocycles. The average molecular weight is 402 g/mol. The maximum Gasteiger partial charge on any atom is 0.410 e. The highest BCUT2D eigenvalue weighted by atomic mass is 35.5. The van der Waals surface area contributed by atoms with Gasteiger partial charge >= 0.3 is 6.09 Å². The fraction of sp³-hybridized carbons (Fsp3) is 0.556. The standard InChI is InChI=1S/C18H25ClFN3O4/c1-18(2,3)27-17(25)23-6-5-14(12(20)9-23)22-16(24)10-7-11(19)13(21)8-15(10)26-4/h7-8,12,14H,5-6,9,21H2,1-4H3,(H,22,24)/t12-,14?/m1/s1. The maximum absolute atomic E-state index is 14.6. The van der Waals surface area contributed by atoms with Gasteiger partial charge in [0, 0.05) is 12.6 Å². The van der Waals surface area contributed by atoms with Crippen LogP contribution in [-0.2, 0) is 4.74 Å². The summed E-state index contributed by atoms with van der Waals surface area (Å²) in [7, 11) is 1.40. The SMILES string of the molecule is COc1cc(N)c(Cl)cc1C(=O)NC1CCN(C(=O)OC(C)(C)C)C[C@H]1F. The predicted molar refractivity (Wildman–Crippen MR) is 101 cm³/mol. The van der Waals surface area contributed by atoms with Gasteiger partial charge in [0.1, 0.15) is 17.5 Å². The number of anilines is 1. The van der Waals surface area contributed by atoms with Crippen LogP contribution in [0.2, 0.25) is 5.02 Å². The lowest BCUT2D eigenvalue weighted by atomic mass is 10.0. The Morgan fingerprint density at radius 3 is 2.59 bits per heavy atom. The van der Waals surface area contributed by atoms with Gasteiger partial charge in [-0.25, -0.2) is 9.18 Å². The van der Waals surface area contributed by atoms with Gasteiger partial charge in [0.25, 0.3) is 5.91 Å². The molecular weight excluding hydrogens is 377 g/mol. The zero-order chi connectivity index (χ0) is 20.4. The average Bonchev–Trinajstić information content (AvgIpc) is 2.56. The summed E-state index contributed by atoms with van der Waals surface area (Å²) in [6.07, 6.45) is -1.73. The van der Waals surface area contributed by atoms with Crippen LogP contribution in [0.5, 0.6) is 5.75 Å². The lowest BCUT2D eigenvalue weighted by Crippen LogP contribution is -2.54. The number of methoxy groups -OCH3 is 1. The highest BCUT2D eigenvalue weighted by Crippen LogP contribution is 2.29. The summed E-state index contributed by atoms with van der Waals surface area (Å²) < 4.78 is 25.0. The van der Waals surface area contributed by atoms with Crippen LogP contribution in [0.4, 0.5) is 14.9 Å². The highest BCUT2D eigenvalue weighted by molar-refractivity contribution is 6.33. The summed E-state index contributed by atoms with van der Waals surface area (Å²) in [4.78, 5) is 25.9. The number of nitrogens with one attached hydrogen (secondary N) is 1. The van der Waals surface area contributed by atoms with Crippen molar-refractivity contribution in [2.45, 2.75) is 45.0 Å². The first kappa shape index (κ1) is 21.1. The molecule has 0 radical (unpaired) electrons. The molecule has 150 valence electrons. The fourth-order valence-electron chi connectivity index (χ4n) is 2.72. The number of nitrogens with zero attached hydrogens (tertiary/aromatic N) is 1. The first-order valence-corrected chi connectivity index (χ1v) is 8.95. The Balaban J connectivity index is 2.02. The van der Waals surface area contributed by atoms with Crippen molar-refractivity contribution in [3.05, 3.63) is 22.7 Å². The molecule has 2 amide bonds. The van der Waals surface area contributed by atoms with Gasteiger partial charge in [-0.2, -0.15) is 0 Å². The number of nitrogen functional groups attached to an aromatic ring is 1. The topological polar surface area (TPSA) is 93.9 Å². The van der Waals surface area contributed by atoms with Crippen molar-refractivity contribution in [3.63, 3.8) is 0 Å². The largest absolute Gasteiger partial charge is 0.496 e. The molecule has 1 saturated heterocycles. The van der Waals surface area contributed by atoms with E-state index in [1.54, 1.807) is 20.8 Å². The second-order valence-corrected chi connectivity index (χ2v) is 7.79. The zero-order valence-electron chi connectivity index (χ0n) is 15.8. The molecule has 9 heteroatoms. The lowest BCUT2D eigenvalue weighted by molar-refractivity contribution is 0.00972. The molecule has 1 fully saturated rings. The number of alkyl halides is 1. The molecule has 1 aromatic carbocycles. The summed E-state index contributed by atoms with van der Waals surface area (Å²) >= 11 is 5.97. The third kappa shape index (κ3) is 5.38. The van der Waals surface area contributed by atoms with E-state index in [1.165, 1.54) is 24.1 Å². The highest BCUT2D eigenvalue weighted by Gasteiger charge is 2.35. The fourth-order valence-corrected chi connectivity index (χ4v) is 2.88. The number of amides is 2. The van der Waals surface area contributed by atoms with Gasteiger partial charge in [0.2, 0.25) is 0 Å². The number of nitrogens with two attached hydrogens (primary N) is 1. The van der Waals surface area contributed by atoms with Gasteiger partial charge in [-0.3, -0.25) is 4.79 Å². The lowest BCUT2D eigenvalue weighted by Gasteiger charge is -2.35. The number of halogens is 2. The summed E-state index contributed by atoms with van der Waals surface area (Å²) in [5.41, 5.74) is 5.49. The minimum atomic E-state index is -1.43. The predicted octanol–water partition coefficient (Wildman–Crippen LogP) is 3.01. The van der Waals surface area contributed by atoms with E-state index in [1.807, 2.05) is 0 Å². The van der Waals surface area contributed by atoms with Crippen molar-refractivity contribution in [3.8, 4) is 5.75 Å². The number of hydrogen-bond donors (Lipinski definition) is 2. The number of carbonyl (C=O) groups is 2. The van der Waals surface area contributed by atoms with Gasteiger partial charge in [0.05, 0.1) is 36.0 Å². The van der Waals surface area contributed by atoms with Crippen molar-refractivity contribution in [1.29, 1.82) is 0 Å². The quantitative estimate of drug-likeness (QED) is 0.759. The number of ether oxygens (including phenoxy) is 2. The smallest absolute Gasteiger partial charge is 0.410 e. The van der Waals surface area contributed by atoms with Crippen molar-refractivity contribution >= 4 is 29.3 Å². The monoisotopic (exact) mass is 401 g/mol. The van der Waals surface area contributed by atoms with Gasteiger partial charge in [-0.05, 0) is 33.3 Å². The number of likely N-dealkylation sites (tertiary alicyclic amines) is 1. The third-order valence-electron chi connectivity index (χ3n) is 4.07. The summed E-state index contributed by atoms with van der Waals surface area (Å²) in [6, 6.07) is 2.08. The molecular formula is C18H25ClFN3O4. The molecule has 1 aliphatic rings. The van der Waals surface area contributed by atoms with E-state index in [9.17, 15) is 14.0 Å². The first-order valence-electron chi connectivity index (χ1n) is 8.57. The second kappa shape index (κ2) is 8.21. The van der Waals surface area contributed by atoms with Crippen LogP contribution in [0.1, 0.15) is 37.6 Å². The minimum absolute atomic E-state index is 0.153. The summed E-state index contributed by atoms with van der Waals surface area (Å²) in [5.74, 6) is -0.275. The zero-order valence-corrected chi connectivity index (χ0v) is 16.6. The van der Waals surface area contributed by atoms with Crippen LogP contribution in [0, 0.1) is 0 Å². The van der Waals surface area contributed by atoms with Crippen LogP contribution in [0.25, 0.3) is 0 Å². The van der Waals surface area contributed by atoms with E-state index in [2.05, 4.69) is 5.32 Å². The van der Waals surface area contributed by atoms with E-state index in [4.69, 9.17) is 26.8 Å². The van der Waals surface area contributed by atoms with E-state index in [-0.39, 0.29) is 41.5 Å². The summed E-state index contributed by atoms with van der Waals surface area (Å²) in [6.45, 7) is 5.36. The van der Waals surface area contributed by atoms with Crippen molar-refractivity contribution in [2.75, 3.05) is 25.9 Å². The van der Waals surface area contributed by atoms with E-state index >= 15 is 0 Å². The Bertz CT molecular complexity index is 723. The number of carbonyl (C=O) groups excluding carboxylic acids is 2. The Hall–Kier alpha value is -2.22. The van der Waals surface area contributed by atoms with Gasteiger partial charge in [0.15, 0.2) is 0 Å². The number of piperidine rings is 1. The molecule has 1 unspecified atom stereocenters. The van der Waals surface area contributed by atoms with Crippen LogP contribution >= 0.6 is 11.6 Å². The molecule has 0 aliphatic carbocycles. The van der Waals surface area contributed by atoms with E-state index in [0.29, 0.717) is 0 Å². The molecule has 1 aromatic rings. The molecule has 0 saturated carbocycles. The normalized spacial score (nSPS) is 20.1. The Labute approximate surface area is 162 Å². The summed E-state index contributed by atoms with van der Waals surface area (Å²) in [5, 5.41) is 2.85. The molecule has 2 atom stereocenters. The van der Waals surface area contributed by atoms with Gasteiger partial charge in [-0.15, -0.1) is 0 Å². The van der Waals surface area contributed by atoms with Crippen molar-refractivity contribution < 1.29 is 23.5 Å². The Morgan fingerprint density at radius 2 is 2.04 bits per heavy atom. The second-order valence-electron chi connectivity index (χ2n) is 7.38. The molecule has 3 N–H and O–H groups in total. The van der Waals surface area contributed by atoms with Crippen molar-refractivity contribution in [2.24, 2.45) is 0 Å². The molecule has 0 spiro atoms. The minimum Gasteiger partial charge on any atom is -0.496 e. The van der Waals surface area contributed by atoms with E-state index in [0.717, 1.165) is 0 Å². The van der Waals surface area contributed by atoms with Crippen LogP contribution in [0.15, 0.2) is 12.1 Å². The van der Waals surface area contributed by atoms with Crippen molar-refractivity contribution in [1.82, 2.24) is 10.2 Å². The molecule has 2 rings (SSSR count). The molecule has 1 aliphatic heterocycles. The van der Waals surface area contributed by atoms with Crippen LogP contribution < -0.4 is 15.8 Å². The van der Waals surface area contributed by atoms with Crippen LogP contribution in [-0.4, -0.2) is 54.9 Å². The molecule has 0 bridgehead atoms. The van der Waals surface area contributed by atoms with Gasteiger partial charge in [-0.1, -0.05) is 11.6 Å². The molecule has 1 heterocycles. The Morgan fingerprint density at radius 1 is 1.37 bits per heavy atom. The first-order chi connectivity index (χ1) is 12.5. The molecule has 27 heavy (non-hydrogen) atoms. The van der Waals surface area contributed by atoms with Gasteiger partial charge < -0.3 is 25.4 Å².